The molecule has 0 bridgehead atoms. The maximum atomic E-state index is 10.7. The van der Waals surface area contributed by atoms with Crippen LogP contribution in [0.3, 0.4) is 0 Å². The lowest BCUT2D eigenvalue weighted by atomic mass is 10.3. The fourth-order valence-electron chi connectivity index (χ4n) is 1.34. The number of pyridine rings is 1. The lowest BCUT2D eigenvalue weighted by molar-refractivity contribution is -0.384. The topological polar surface area (TPSA) is 91.3 Å². The van der Waals surface area contributed by atoms with Gasteiger partial charge in [0.2, 0.25) is 5.88 Å². The summed E-state index contributed by atoms with van der Waals surface area (Å²) in [6.45, 7) is 0. The van der Waals surface area contributed by atoms with Gasteiger partial charge in [0.1, 0.15) is 11.6 Å². The van der Waals surface area contributed by atoms with Gasteiger partial charge in [-0.15, -0.1) is 0 Å². The Labute approximate surface area is 117 Å². The number of nitrogens with two attached hydrogens (primary N) is 1. The van der Waals surface area contributed by atoms with Gasteiger partial charge in [0.15, 0.2) is 0 Å². The first-order chi connectivity index (χ1) is 8.95. The Morgan fingerprint density at radius 1 is 1.26 bits per heavy atom. The third kappa shape index (κ3) is 3.24. The predicted octanol–water partition coefficient (Wildman–Crippen LogP) is 3.67. The van der Waals surface area contributed by atoms with Crippen molar-refractivity contribution >= 4 is 34.7 Å². The number of aromatic nitrogens is 1. The molecule has 0 aliphatic carbocycles. The van der Waals surface area contributed by atoms with Gasteiger partial charge in [-0.1, -0.05) is 23.2 Å². The summed E-state index contributed by atoms with van der Waals surface area (Å²) in [7, 11) is 0. The number of hydrogen-bond donors (Lipinski definition) is 1. The molecule has 8 heteroatoms. The number of benzene rings is 1. The van der Waals surface area contributed by atoms with Crippen molar-refractivity contribution in [3.8, 4) is 11.6 Å². The first-order valence-corrected chi connectivity index (χ1v) is 5.76. The Morgan fingerprint density at radius 3 is 2.63 bits per heavy atom. The Balaban J connectivity index is 2.35. The molecule has 0 unspecified atom stereocenters. The molecule has 0 amide bonds. The monoisotopic (exact) mass is 299 g/mol. The van der Waals surface area contributed by atoms with E-state index in [-0.39, 0.29) is 28.2 Å². The Bertz CT molecular complexity index is 649. The molecule has 1 aromatic carbocycles. The number of rotatable bonds is 3. The quantitative estimate of drug-likeness (QED) is 0.689. The highest BCUT2D eigenvalue weighted by Crippen LogP contribution is 2.32. The van der Waals surface area contributed by atoms with Gasteiger partial charge in [0.05, 0.1) is 22.1 Å². The molecule has 2 N–H and O–H groups in total. The number of ether oxygens (including phenoxy) is 1. The highest BCUT2D eigenvalue weighted by molar-refractivity contribution is 6.35. The number of anilines is 1. The first-order valence-electron chi connectivity index (χ1n) is 5.00. The van der Waals surface area contributed by atoms with E-state index in [0.717, 1.165) is 12.1 Å². The predicted molar refractivity (Wildman–Crippen MR) is 71.8 cm³/mol. The fourth-order valence-corrected chi connectivity index (χ4v) is 1.79. The zero-order chi connectivity index (χ0) is 14.0. The van der Waals surface area contributed by atoms with Gasteiger partial charge in [-0.2, -0.15) is 4.98 Å². The van der Waals surface area contributed by atoms with Crippen molar-refractivity contribution in [3.63, 3.8) is 0 Å². The van der Waals surface area contributed by atoms with Gasteiger partial charge in [0.25, 0.3) is 5.69 Å². The standard InChI is InChI=1S/C11H7Cl2N3O3/c12-6-1-2-9(8(13)3-6)19-11-5-7(16(17)18)4-10(14)15-11/h1-5H,(H2,14,15). The average Bonchev–Trinajstić information content (AvgIpc) is 2.32. The summed E-state index contributed by atoms with van der Waals surface area (Å²) >= 11 is 11.7. The third-order valence-corrected chi connectivity index (χ3v) is 2.66. The van der Waals surface area contributed by atoms with Crippen LogP contribution in [0.5, 0.6) is 11.6 Å². The Hall–Kier alpha value is -2.05. The molecule has 0 saturated carbocycles. The molecule has 6 nitrogen and oxygen atoms in total. The molecule has 19 heavy (non-hydrogen) atoms. The smallest absolute Gasteiger partial charge is 0.278 e. The Kier molecular flexibility index (Phi) is 3.73. The van der Waals surface area contributed by atoms with Crippen LogP contribution in [0, 0.1) is 10.1 Å². The van der Waals surface area contributed by atoms with E-state index in [0.29, 0.717) is 5.02 Å². The van der Waals surface area contributed by atoms with Gasteiger partial charge < -0.3 is 10.5 Å². The highest BCUT2D eigenvalue weighted by Gasteiger charge is 2.12. The minimum absolute atomic E-state index is 0.0177. The summed E-state index contributed by atoms with van der Waals surface area (Å²) in [6.07, 6.45) is 0. The molecule has 1 heterocycles. The third-order valence-electron chi connectivity index (χ3n) is 2.13. The van der Waals surface area contributed by atoms with Gasteiger partial charge in [-0.3, -0.25) is 10.1 Å². The maximum absolute atomic E-state index is 10.7. The van der Waals surface area contributed by atoms with E-state index in [2.05, 4.69) is 4.98 Å². The van der Waals surface area contributed by atoms with Crippen LogP contribution in [0.15, 0.2) is 30.3 Å². The van der Waals surface area contributed by atoms with Crippen LogP contribution in [-0.4, -0.2) is 9.91 Å². The molecule has 0 saturated heterocycles. The van der Waals surface area contributed by atoms with Gasteiger partial charge in [-0.05, 0) is 18.2 Å². The summed E-state index contributed by atoms with van der Waals surface area (Å²) in [5, 5.41) is 11.4. The van der Waals surface area contributed by atoms with E-state index in [1.165, 1.54) is 12.1 Å². The molecule has 0 fully saturated rings. The van der Waals surface area contributed by atoms with Crippen molar-refractivity contribution in [3.05, 3.63) is 50.5 Å². The molecule has 0 aliphatic heterocycles. The summed E-state index contributed by atoms with van der Waals surface area (Å²) in [6, 6.07) is 6.88. The molecule has 0 aliphatic rings. The van der Waals surface area contributed by atoms with E-state index in [1.54, 1.807) is 6.07 Å². The van der Waals surface area contributed by atoms with Crippen molar-refractivity contribution in [2.45, 2.75) is 0 Å². The average molecular weight is 300 g/mol. The van der Waals surface area contributed by atoms with E-state index >= 15 is 0 Å². The molecule has 1 aromatic heterocycles. The SMILES string of the molecule is Nc1cc([N+](=O)[O-])cc(Oc2ccc(Cl)cc2Cl)n1. The van der Waals surface area contributed by atoms with Crippen LogP contribution >= 0.6 is 23.2 Å². The molecular formula is C11H7Cl2N3O3. The number of halogens is 2. The largest absolute Gasteiger partial charge is 0.437 e. The minimum Gasteiger partial charge on any atom is -0.437 e. The fraction of sp³-hybridized carbons (Fsp3) is 0. The molecule has 2 rings (SSSR count). The first kappa shape index (κ1) is 13.4. The van der Waals surface area contributed by atoms with E-state index < -0.39 is 4.92 Å². The normalized spacial score (nSPS) is 10.2. The van der Waals surface area contributed by atoms with E-state index in [9.17, 15) is 10.1 Å². The van der Waals surface area contributed by atoms with E-state index in [1.807, 2.05) is 0 Å². The summed E-state index contributed by atoms with van der Waals surface area (Å²) in [5.41, 5.74) is 5.25. The lowest BCUT2D eigenvalue weighted by Crippen LogP contribution is -1.97. The molecular weight excluding hydrogens is 293 g/mol. The van der Waals surface area contributed by atoms with Crippen molar-refractivity contribution in [2.24, 2.45) is 0 Å². The number of nitrogens with zero attached hydrogens (tertiary/aromatic N) is 2. The number of nitrogen functional groups attached to an aromatic ring is 1. The molecule has 0 atom stereocenters. The number of hydrogen-bond acceptors (Lipinski definition) is 5. The summed E-state index contributed by atoms with van der Waals surface area (Å²) in [4.78, 5) is 13.9. The van der Waals surface area contributed by atoms with Crippen LogP contribution in [0.4, 0.5) is 11.5 Å². The molecule has 0 radical (unpaired) electrons. The van der Waals surface area contributed by atoms with Crippen LogP contribution in [-0.2, 0) is 0 Å². The summed E-state index contributed by atoms with van der Waals surface area (Å²) in [5.74, 6) is 0.240. The summed E-state index contributed by atoms with van der Waals surface area (Å²) < 4.78 is 5.35. The van der Waals surface area contributed by atoms with Crippen LogP contribution in [0.1, 0.15) is 0 Å². The van der Waals surface area contributed by atoms with Gasteiger partial charge in [-0.25, -0.2) is 0 Å². The molecule has 98 valence electrons. The Morgan fingerprint density at radius 2 is 2.00 bits per heavy atom. The van der Waals surface area contributed by atoms with Crippen LogP contribution in [0.25, 0.3) is 0 Å². The van der Waals surface area contributed by atoms with Crippen LogP contribution in [0.2, 0.25) is 10.0 Å². The zero-order valence-corrected chi connectivity index (χ0v) is 10.9. The minimum atomic E-state index is -0.589. The molecule has 0 spiro atoms. The second-order valence-corrected chi connectivity index (χ2v) is 4.37. The number of nitro groups is 1. The molecule has 2 aromatic rings. The van der Waals surface area contributed by atoms with Crippen molar-refractivity contribution < 1.29 is 9.66 Å². The second kappa shape index (κ2) is 5.29. The van der Waals surface area contributed by atoms with Crippen molar-refractivity contribution in [2.75, 3.05) is 5.73 Å². The maximum Gasteiger partial charge on any atom is 0.278 e. The van der Waals surface area contributed by atoms with Crippen molar-refractivity contribution in [1.82, 2.24) is 4.98 Å². The zero-order valence-electron chi connectivity index (χ0n) is 9.34. The van der Waals surface area contributed by atoms with E-state index in [4.69, 9.17) is 33.7 Å². The lowest BCUT2D eigenvalue weighted by Gasteiger charge is -2.07. The highest BCUT2D eigenvalue weighted by atomic mass is 35.5. The van der Waals surface area contributed by atoms with Crippen molar-refractivity contribution in [1.29, 1.82) is 0 Å². The van der Waals surface area contributed by atoms with Gasteiger partial charge >= 0.3 is 0 Å². The second-order valence-electron chi connectivity index (χ2n) is 3.52. The van der Waals surface area contributed by atoms with Gasteiger partial charge in [0, 0.05) is 5.02 Å². The van der Waals surface area contributed by atoms with Crippen LogP contribution < -0.4 is 10.5 Å².